The molecular weight excluding hydrogens is 480 g/mol. The maximum absolute atomic E-state index is 13.4. The Morgan fingerprint density at radius 3 is 2.21 bits per heavy atom. The number of likely N-dealkylation sites (tertiary alicyclic amines) is 1. The number of hydrogen-bond donors (Lipinski definition) is 2. The number of esters is 1. The molecule has 0 saturated carbocycles. The Labute approximate surface area is 224 Å². The highest BCUT2D eigenvalue weighted by atomic mass is 16.5. The van der Waals surface area contributed by atoms with Gasteiger partial charge in [0.05, 0.1) is 30.5 Å². The fourth-order valence-corrected chi connectivity index (χ4v) is 5.32. The van der Waals surface area contributed by atoms with Crippen molar-refractivity contribution in [3.8, 4) is 0 Å². The highest BCUT2D eigenvalue weighted by molar-refractivity contribution is 5.86. The first-order valence-electron chi connectivity index (χ1n) is 13.6. The monoisotopic (exact) mass is 518 g/mol. The third-order valence-electron chi connectivity index (χ3n) is 7.46. The van der Waals surface area contributed by atoms with Crippen molar-refractivity contribution in [1.82, 2.24) is 10.2 Å². The van der Waals surface area contributed by atoms with Gasteiger partial charge < -0.3 is 20.1 Å². The zero-order valence-corrected chi connectivity index (χ0v) is 21.8. The highest BCUT2D eigenvalue weighted by Gasteiger charge is 2.32. The quantitative estimate of drug-likeness (QED) is 0.432. The van der Waals surface area contributed by atoms with Crippen molar-refractivity contribution in [2.45, 2.75) is 57.0 Å². The molecule has 2 aromatic carbocycles. The van der Waals surface area contributed by atoms with Gasteiger partial charge in [-0.15, -0.1) is 0 Å². The summed E-state index contributed by atoms with van der Waals surface area (Å²) < 4.78 is 5.77. The number of nitrogens with one attached hydrogen (secondary N) is 1. The number of benzene rings is 2. The van der Waals surface area contributed by atoms with Crippen LogP contribution in [0.5, 0.6) is 0 Å². The number of carbonyl (C=O) groups is 3. The maximum atomic E-state index is 13.4. The topological polar surface area (TPSA) is 95.9 Å². The lowest BCUT2D eigenvalue weighted by Gasteiger charge is -2.27. The smallest absolute Gasteiger partial charge is 0.309 e. The van der Waals surface area contributed by atoms with Crippen LogP contribution in [0.2, 0.25) is 0 Å². The highest BCUT2D eigenvalue weighted by Crippen LogP contribution is 2.22. The molecule has 2 aliphatic rings. The van der Waals surface area contributed by atoms with Crippen LogP contribution in [0.1, 0.15) is 43.2 Å². The Hall–Kier alpha value is -3.45. The van der Waals surface area contributed by atoms with Crippen LogP contribution in [0.3, 0.4) is 0 Å². The van der Waals surface area contributed by atoms with Crippen LogP contribution in [0, 0.1) is 11.8 Å². The Morgan fingerprint density at radius 2 is 1.55 bits per heavy atom. The van der Waals surface area contributed by atoms with Gasteiger partial charge in [-0.3, -0.25) is 14.4 Å². The summed E-state index contributed by atoms with van der Waals surface area (Å²) in [6.07, 6.45) is 7.54. The minimum atomic E-state index is -0.542. The van der Waals surface area contributed by atoms with Gasteiger partial charge in [0.25, 0.3) is 0 Å². The summed E-state index contributed by atoms with van der Waals surface area (Å²) in [7, 11) is 0. The van der Waals surface area contributed by atoms with Crippen molar-refractivity contribution in [1.29, 1.82) is 0 Å². The molecule has 2 N–H and O–H groups in total. The number of rotatable bonds is 7. The lowest BCUT2D eigenvalue weighted by atomic mass is 9.94. The minimum absolute atomic E-state index is 0.0597. The van der Waals surface area contributed by atoms with Crippen LogP contribution in [0.25, 0.3) is 0 Å². The summed E-state index contributed by atoms with van der Waals surface area (Å²) in [4.78, 5) is 41.3. The van der Waals surface area contributed by atoms with E-state index in [2.05, 4.69) is 5.32 Å². The van der Waals surface area contributed by atoms with E-state index < -0.39 is 12.0 Å². The first-order chi connectivity index (χ1) is 18.5. The third kappa shape index (κ3) is 7.78. The molecule has 7 heteroatoms. The molecule has 0 bridgehead atoms. The predicted molar refractivity (Wildman–Crippen MR) is 145 cm³/mol. The maximum Gasteiger partial charge on any atom is 0.309 e. The number of amides is 2. The van der Waals surface area contributed by atoms with Crippen molar-refractivity contribution >= 4 is 17.8 Å². The normalized spacial score (nSPS) is 24.7. The van der Waals surface area contributed by atoms with Gasteiger partial charge in [0.1, 0.15) is 6.61 Å². The van der Waals surface area contributed by atoms with Crippen molar-refractivity contribution in [3.63, 3.8) is 0 Å². The Bertz CT molecular complexity index is 1090. The summed E-state index contributed by atoms with van der Waals surface area (Å²) in [5.74, 6) is -1.48. The third-order valence-corrected chi connectivity index (χ3v) is 7.46. The Kier molecular flexibility index (Phi) is 10.1. The van der Waals surface area contributed by atoms with Crippen LogP contribution in [-0.4, -0.2) is 59.6 Å². The molecule has 7 nitrogen and oxygen atoms in total. The van der Waals surface area contributed by atoms with E-state index in [9.17, 15) is 19.5 Å². The molecule has 0 radical (unpaired) electrons. The van der Waals surface area contributed by atoms with Gasteiger partial charge >= 0.3 is 5.97 Å². The summed E-state index contributed by atoms with van der Waals surface area (Å²) in [5.41, 5.74) is 2.09. The van der Waals surface area contributed by atoms with E-state index in [1.165, 1.54) is 0 Å². The molecule has 1 fully saturated rings. The second-order valence-electron chi connectivity index (χ2n) is 10.3. The number of hydrogen-bond acceptors (Lipinski definition) is 5. The zero-order valence-electron chi connectivity index (χ0n) is 21.8. The van der Waals surface area contributed by atoms with E-state index in [0.29, 0.717) is 32.2 Å². The molecule has 202 valence electrons. The fourth-order valence-electron chi connectivity index (χ4n) is 5.32. The van der Waals surface area contributed by atoms with Crippen molar-refractivity contribution < 1.29 is 24.2 Å². The molecule has 0 spiro atoms. The van der Waals surface area contributed by atoms with Crippen molar-refractivity contribution in [3.05, 3.63) is 83.9 Å². The summed E-state index contributed by atoms with van der Waals surface area (Å²) >= 11 is 0. The molecule has 0 aromatic heterocycles. The summed E-state index contributed by atoms with van der Waals surface area (Å²) in [6.45, 7) is 0.617. The Morgan fingerprint density at radius 1 is 0.921 bits per heavy atom. The fraction of sp³-hybridized carbons (Fsp3) is 0.452. The number of carbonyl (C=O) groups excluding carboxylic acids is 3. The lowest BCUT2D eigenvalue weighted by Crippen LogP contribution is -2.45. The molecule has 0 aliphatic carbocycles. The van der Waals surface area contributed by atoms with Gasteiger partial charge in [0.2, 0.25) is 11.8 Å². The second-order valence-corrected chi connectivity index (χ2v) is 10.3. The zero-order chi connectivity index (χ0) is 26.7. The van der Waals surface area contributed by atoms with Gasteiger partial charge in [-0.25, -0.2) is 0 Å². The van der Waals surface area contributed by atoms with Gasteiger partial charge in [-0.1, -0.05) is 72.8 Å². The van der Waals surface area contributed by atoms with Crippen LogP contribution in [-0.2, 0) is 32.0 Å². The van der Waals surface area contributed by atoms with Gasteiger partial charge in [0.15, 0.2) is 0 Å². The van der Waals surface area contributed by atoms with Crippen molar-refractivity contribution in [2.75, 3.05) is 19.8 Å². The molecule has 2 aromatic rings. The SMILES string of the molecule is O=C1N[C@H](Cc2ccccc2)COC(=O)[C@@H](Cc2ccccc2)CC=CC[C@@H]1CC(=O)N1CCC[C@H]1CO. The van der Waals surface area contributed by atoms with Crippen LogP contribution in [0.15, 0.2) is 72.8 Å². The van der Waals surface area contributed by atoms with Gasteiger partial charge in [-0.05, 0) is 49.7 Å². The number of cyclic esters (lactones) is 1. The number of aliphatic hydroxyl groups excluding tert-OH is 1. The van der Waals surface area contributed by atoms with Crippen LogP contribution in [0.4, 0.5) is 0 Å². The van der Waals surface area contributed by atoms with E-state index in [1.807, 2.05) is 72.8 Å². The average Bonchev–Trinajstić information content (AvgIpc) is 3.42. The number of allylic oxidation sites excluding steroid dienone is 2. The van der Waals surface area contributed by atoms with E-state index in [1.54, 1.807) is 4.90 Å². The molecule has 0 unspecified atom stereocenters. The number of ether oxygens (including phenoxy) is 1. The molecule has 4 atom stereocenters. The molecule has 2 amide bonds. The first kappa shape index (κ1) is 27.6. The van der Waals surface area contributed by atoms with Crippen molar-refractivity contribution in [2.24, 2.45) is 11.8 Å². The van der Waals surface area contributed by atoms with Gasteiger partial charge in [0, 0.05) is 13.0 Å². The number of aliphatic hydroxyl groups is 1. The van der Waals surface area contributed by atoms with Gasteiger partial charge in [-0.2, -0.15) is 0 Å². The average molecular weight is 519 g/mol. The van der Waals surface area contributed by atoms with Crippen LogP contribution < -0.4 is 5.32 Å². The van der Waals surface area contributed by atoms with E-state index >= 15 is 0 Å². The number of nitrogens with zero attached hydrogens (tertiary/aromatic N) is 1. The van der Waals surface area contributed by atoms with E-state index in [0.717, 1.165) is 24.0 Å². The second kappa shape index (κ2) is 13.9. The Balaban J connectivity index is 1.52. The molecule has 2 heterocycles. The molecule has 2 aliphatic heterocycles. The first-order valence-corrected chi connectivity index (χ1v) is 13.6. The molecular formula is C31H38N2O5. The lowest BCUT2D eigenvalue weighted by molar-refractivity contribution is -0.150. The summed E-state index contributed by atoms with van der Waals surface area (Å²) in [5, 5.41) is 12.7. The predicted octanol–water partition coefficient (Wildman–Crippen LogP) is 3.46. The molecule has 1 saturated heterocycles. The largest absolute Gasteiger partial charge is 0.463 e. The summed E-state index contributed by atoms with van der Waals surface area (Å²) in [6, 6.07) is 19.1. The van der Waals surface area contributed by atoms with E-state index in [-0.39, 0.29) is 49.4 Å². The van der Waals surface area contributed by atoms with Crippen LogP contribution >= 0.6 is 0 Å². The van der Waals surface area contributed by atoms with E-state index in [4.69, 9.17) is 4.74 Å². The standard InChI is InChI=1S/C31H38N2O5/c34-21-28-16-9-17-33(28)29(35)20-25-14-7-8-15-26(18-23-10-3-1-4-11-23)31(37)38-22-27(32-30(25)36)19-24-12-5-2-6-13-24/h1-8,10-13,25-28,34H,9,14-22H2,(H,32,36)/t25-,26-,27-,28+/m1/s1. The molecule has 4 rings (SSSR count). The minimum Gasteiger partial charge on any atom is -0.463 e. The molecule has 38 heavy (non-hydrogen) atoms.